The summed E-state index contributed by atoms with van der Waals surface area (Å²) in [6.45, 7) is 0.563. The summed E-state index contributed by atoms with van der Waals surface area (Å²) in [6, 6.07) is 9.03. The topological polar surface area (TPSA) is 86.9 Å². The molecule has 1 aromatic heterocycles. The van der Waals surface area contributed by atoms with E-state index in [0.29, 0.717) is 12.4 Å². The smallest absolute Gasteiger partial charge is 0.252 e. The van der Waals surface area contributed by atoms with Crippen LogP contribution in [0.15, 0.2) is 41.5 Å². The molecule has 1 saturated carbocycles. The van der Waals surface area contributed by atoms with Crippen molar-refractivity contribution in [2.24, 2.45) is 5.92 Å². The molecule has 0 radical (unpaired) electrons. The fourth-order valence-corrected chi connectivity index (χ4v) is 1.95. The van der Waals surface area contributed by atoms with Crippen LogP contribution in [0.4, 0.5) is 11.5 Å². The minimum Gasteiger partial charge on any atom is -0.366 e. The van der Waals surface area contributed by atoms with Gasteiger partial charge in [0.05, 0.1) is 6.33 Å². The van der Waals surface area contributed by atoms with Crippen molar-refractivity contribution in [2.45, 2.75) is 19.4 Å². The number of carbonyl (C=O) groups excluding carboxylic acids is 1. The molecule has 6 nitrogen and oxygen atoms in total. The first kappa shape index (κ1) is 13.4. The highest BCUT2D eigenvalue weighted by atomic mass is 16.2. The van der Waals surface area contributed by atoms with Crippen LogP contribution in [-0.2, 0) is 11.3 Å². The van der Waals surface area contributed by atoms with Crippen molar-refractivity contribution in [1.82, 2.24) is 9.97 Å². The number of amides is 1. The molecule has 1 aromatic carbocycles. The largest absolute Gasteiger partial charge is 0.366 e. The Kier molecular flexibility index (Phi) is 3.68. The lowest BCUT2D eigenvalue weighted by Crippen LogP contribution is -2.13. The highest BCUT2D eigenvalue weighted by Gasteiger charge is 2.29. The van der Waals surface area contributed by atoms with Crippen molar-refractivity contribution in [2.75, 3.05) is 10.6 Å². The normalized spacial score (nSPS) is 13.7. The van der Waals surface area contributed by atoms with Crippen molar-refractivity contribution in [3.05, 3.63) is 52.6 Å². The van der Waals surface area contributed by atoms with Crippen LogP contribution in [0.1, 0.15) is 18.4 Å². The fourth-order valence-electron chi connectivity index (χ4n) is 1.95. The lowest BCUT2D eigenvalue weighted by atomic mass is 10.2. The number of H-pyrrole nitrogens is 1. The first-order valence-corrected chi connectivity index (χ1v) is 6.89. The van der Waals surface area contributed by atoms with Crippen LogP contribution in [0.25, 0.3) is 0 Å². The Morgan fingerprint density at radius 3 is 2.71 bits per heavy atom. The van der Waals surface area contributed by atoms with Gasteiger partial charge in [0.25, 0.3) is 5.56 Å². The van der Waals surface area contributed by atoms with Crippen LogP contribution in [0.5, 0.6) is 0 Å². The number of carbonyl (C=O) groups is 1. The van der Waals surface area contributed by atoms with Crippen molar-refractivity contribution in [3.63, 3.8) is 0 Å². The van der Waals surface area contributed by atoms with Crippen molar-refractivity contribution < 1.29 is 4.79 Å². The molecule has 1 fully saturated rings. The number of anilines is 2. The van der Waals surface area contributed by atoms with E-state index in [1.807, 2.05) is 24.3 Å². The van der Waals surface area contributed by atoms with Crippen LogP contribution >= 0.6 is 0 Å². The molecule has 0 spiro atoms. The lowest BCUT2D eigenvalue weighted by molar-refractivity contribution is -0.117. The number of nitrogens with one attached hydrogen (secondary N) is 3. The van der Waals surface area contributed by atoms with Crippen molar-refractivity contribution in [1.29, 1.82) is 0 Å². The summed E-state index contributed by atoms with van der Waals surface area (Å²) in [5.41, 5.74) is 1.66. The molecule has 1 heterocycles. The van der Waals surface area contributed by atoms with Crippen molar-refractivity contribution >= 4 is 17.4 Å². The molecule has 0 bridgehead atoms. The van der Waals surface area contributed by atoms with Crippen molar-refractivity contribution in [3.8, 4) is 0 Å². The molecule has 21 heavy (non-hydrogen) atoms. The third-order valence-corrected chi connectivity index (χ3v) is 3.32. The van der Waals surface area contributed by atoms with Crippen LogP contribution in [0.3, 0.4) is 0 Å². The van der Waals surface area contributed by atoms with E-state index in [1.54, 1.807) is 0 Å². The number of nitrogens with zero attached hydrogens (tertiary/aromatic N) is 1. The second kappa shape index (κ2) is 5.78. The molecule has 0 aliphatic heterocycles. The van der Waals surface area contributed by atoms with Gasteiger partial charge in [-0.15, -0.1) is 0 Å². The maximum Gasteiger partial charge on any atom is 0.252 e. The monoisotopic (exact) mass is 284 g/mol. The molecule has 6 heteroatoms. The number of aromatic amines is 1. The van der Waals surface area contributed by atoms with E-state index in [9.17, 15) is 9.59 Å². The van der Waals surface area contributed by atoms with Gasteiger partial charge in [0.1, 0.15) is 5.82 Å². The summed E-state index contributed by atoms with van der Waals surface area (Å²) in [4.78, 5) is 29.2. The van der Waals surface area contributed by atoms with Crippen LogP contribution in [0, 0.1) is 5.92 Å². The van der Waals surface area contributed by atoms with E-state index in [2.05, 4.69) is 20.6 Å². The Bertz CT molecular complexity index is 689. The summed E-state index contributed by atoms with van der Waals surface area (Å²) in [5.74, 6) is 0.840. The van der Waals surface area contributed by atoms with Gasteiger partial charge in [-0.05, 0) is 30.5 Å². The Morgan fingerprint density at radius 2 is 2.05 bits per heavy atom. The van der Waals surface area contributed by atoms with Gasteiger partial charge >= 0.3 is 0 Å². The van der Waals surface area contributed by atoms with E-state index in [1.165, 1.54) is 12.4 Å². The zero-order valence-corrected chi connectivity index (χ0v) is 11.4. The van der Waals surface area contributed by atoms with E-state index in [-0.39, 0.29) is 17.4 Å². The SMILES string of the molecule is O=C(Nc1ccc(CNc2cc(=O)[nH]cn2)cc1)C1CC1. The Morgan fingerprint density at radius 1 is 1.29 bits per heavy atom. The molecular formula is C15H16N4O2. The highest BCUT2D eigenvalue weighted by molar-refractivity contribution is 5.93. The highest BCUT2D eigenvalue weighted by Crippen LogP contribution is 2.30. The lowest BCUT2D eigenvalue weighted by Gasteiger charge is -2.07. The van der Waals surface area contributed by atoms with Gasteiger partial charge in [0.2, 0.25) is 5.91 Å². The second-order valence-corrected chi connectivity index (χ2v) is 5.11. The number of rotatable bonds is 5. The molecule has 3 N–H and O–H groups in total. The fraction of sp³-hybridized carbons (Fsp3) is 0.267. The summed E-state index contributed by atoms with van der Waals surface area (Å²) in [6.07, 6.45) is 3.36. The Hall–Kier alpha value is -2.63. The van der Waals surface area contributed by atoms with Crippen LogP contribution < -0.4 is 16.2 Å². The molecule has 2 aromatic rings. The van der Waals surface area contributed by atoms with Gasteiger partial charge in [0.15, 0.2) is 0 Å². The van der Waals surface area contributed by atoms with Gasteiger partial charge < -0.3 is 15.6 Å². The first-order valence-electron chi connectivity index (χ1n) is 6.89. The van der Waals surface area contributed by atoms with Gasteiger partial charge in [-0.25, -0.2) is 4.98 Å². The zero-order valence-electron chi connectivity index (χ0n) is 11.4. The minimum absolute atomic E-state index is 0.105. The zero-order chi connectivity index (χ0) is 14.7. The molecule has 1 aliphatic rings. The third kappa shape index (κ3) is 3.68. The maximum atomic E-state index is 11.6. The van der Waals surface area contributed by atoms with E-state index in [0.717, 1.165) is 24.1 Å². The van der Waals surface area contributed by atoms with E-state index >= 15 is 0 Å². The van der Waals surface area contributed by atoms with E-state index in [4.69, 9.17) is 0 Å². The maximum absolute atomic E-state index is 11.6. The number of aromatic nitrogens is 2. The third-order valence-electron chi connectivity index (χ3n) is 3.32. The quantitative estimate of drug-likeness (QED) is 0.780. The molecule has 108 valence electrons. The van der Waals surface area contributed by atoms with Crippen LogP contribution in [0.2, 0.25) is 0 Å². The predicted octanol–water partition coefficient (Wildman–Crippen LogP) is 1.73. The molecule has 1 aliphatic carbocycles. The van der Waals surface area contributed by atoms with Gasteiger partial charge in [-0.1, -0.05) is 12.1 Å². The van der Waals surface area contributed by atoms with Crippen LogP contribution in [-0.4, -0.2) is 15.9 Å². The summed E-state index contributed by atoms with van der Waals surface area (Å²) in [5, 5.41) is 5.97. The molecular weight excluding hydrogens is 268 g/mol. The number of hydrogen-bond donors (Lipinski definition) is 3. The number of benzene rings is 1. The average Bonchev–Trinajstić information content (AvgIpc) is 3.31. The van der Waals surface area contributed by atoms with Gasteiger partial charge in [-0.2, -0.15) is 0 Å². The first-order chi connectivity index (χ1) is 10.2. The molecule has 3 rings (SSSR count). The van der Waals surface area contributed by atoms with Gasteiger partial charge in [-0.3, -0.25) is 9.59 Å². The Balaban J connectivity index is 1.56. The average molecular weight is 284 g/mol. The Labute approximate surface area is 121 Å². The second-order valence-electron chi connectivity index (χ2n) is 5.11. The van der Waals surface area contributed by atoms with Gasteiger partial charge in [0, 0.05) is 24.2 Å². The summed E-state index contributed by atoms with van der Waals surface area (Å²) in [7, 11) is 0. The number of hydrogen-bond acceptors (Lipinski definition) is 4. The molecule has 0 atom stereocenters. The van der Waals surface area contributed by atoms with E-state index < -0.39 is 0 Å². The standard InChI is InChI=1S/C15H16N4O2/c20-14-7-13(17-9-18-14)16-8-10-1-5-12(6-2-10)19-15(21)11-3-4-11/h1-2,5-7,9,11H,3-4,8H2,(H,19,21)(H2,16,17,18,20). The summed E-state index contributed by atoms with van der Waals surface area (Å²) < 4.78 is 0. The minimum atomic E-state index is -0.189. The predicted molar refractivity (Wildman–Crippen MR) is 80.0 cm³/mol. The molecule has 0 unspecified atom stereocenters. The molecule has 0 saturated heterocycles. The summed E-state index contributed by atoms with van der Waals surface area (Å²) >= 11 is 0. The molecule has 1 amide bonds.